The highest BCUT2D eigenvalue weighted by Gasteiger charge is 2.21. The molecule has 8 heteroatoms. The number of halogens is 2. The normalized spacial score (nSPS) is 11.9. The number of anilines is 1. The molecule has 0 radical (unpaired) electrons. The summed E-state index contributed by atoms with van der Waals surface area (Å²) in [5.41, 5.74) is -0.157. The van der Waals surface area contributed by atoms with Crippen LogP contribution in [0.2, 0.25) is 0 Å². The first-order chi connectivity index (χ1) is 13.8. The van der Waals surface area contributed by atoms with Gasteiger partial charge in [-0.2, -0.15) is 5.26 Å². The fourth-order valence-corrected chi connectivity index (χ4v) is 2.24. The number of ether oxygens (including phenoxy) is 2. The van der Waals surface area contributed by atoms with Crippen LogP contribution in [-0.4, -0.2) is 24.6 Å². The topological polar surface area (TPSA) is 88.4 Å². The van der Waals surface area contributed by atoms with E-state index in [2.05, 4.69) is 5.32 Å². The second-order valence-corrected chi connectivity index (χ2v) is 5.83. The van der Waals surface area contributed by atoms with Crippen LogP contribution in [0.3, 0.4) is 0 Å². The molecule has 150 valence electrons. The van der Waals surface area contributed by atoms with Crippen LogP contribution in [0.15, 0.2) is 48.0 Å². The zero-order valence-electron chi connectivity index (χ0n) is 15.7. The van der Waals surface area contributed by atoms with Gasteiger partial charge in [0, 0.05) is 6.07 Å². The summed E-state index contributed by atoms with van der Waals surface area (Å²) in [7, 11) is 0. The lowest BCUT2D eigenvalue weighted by Gasteiger charge is -2.13. The molecule has 29 heavy (non-hydrogen) atoms. The molecule has 0 aromatic heterocycles. The summed E-state index contributed by atoms with van der Waals surface area (Å²) in [6.45, 7) is 3.60. The average molecular weight is 400 g/mol. The van der Waals surface area contributed by atoms with Gasteiger partial charge in [-0.25, -0.2) is 13.6 Å². The molecular weight excluding hydrogens is 382 g/mol. The number of rotatable bonds is 7. The van der Waals surface area contributed by atoms with Crippen LogP contribution in [0.1, 0.15) is 19.4 Å². The highest BCUT2D eigenvalue weighted by atomic mass is 19.1. The molecule has 0 saturated carbocycles. The number of hydrogen-bond donors (Lipinski definition) is 1. The maximum absolute atomic E-state index is 13.6. The summed E-state index contributed by atoms with van der Waals surface area (Å²) in [5, 5.41) is 11.3. The molecule has 1 atom stereocenters. The van der Waals surface area contributed by atoms with Gasteiger partial charge in [0.05, 0.1) is 12.3 Å². The number of nitrogens with one attached hydrogen (secondary N) is 1. The lowest BCUT2D eigenvalue weighted by molar-refractivity contribution is -0.148. The van der Waals surface area contributed by atoms with Gasteiger partial charge in [-0.3, -0.25) is 4.79 Å². The third kappa shape index (κ3) is 6.14. The summed E-state index contributed by atoms with van der Waals surface area (Å²) < 4.78 is 37.1. The van der Waals surface area contributed by atoms with E-state index < -0.39 is 29.6 Å². The molecule has 0 spiro atoms. The molecule has 0 heterocycles. The lowest BCUT2D eigenvalue weighted by atomic mass is 10.1. The van der Waals surface area contributed by atoms with Gasteiger partial charge in [0.15, 0.2) is 6.10 Å². The van der Waals surface area contributed by atoms with Crippen LogP contribution in [-0.2, 0) is 14.3 Å². The number of amides is 1. The number of hydrogen-bond acceptors (Lipinski definition) is 5. The van der Waals surface area contributed by atoms with Gasteiger partial charge in [-0.05, 0) is 49.8 Å². The van der Waals surface area contributed by atoms with E-state index in [1.54, 1.807) is 30.3 Å². The van der Waals surface area contributed by atoms with Gasteiger partial charge < -0.3 is 14.8 Å². The molecule has 1 N–H and O–H groups in total. The van der Waals surface area contributed by atoms with Crippen LogP contribution in [0.25, 0.3) is 6.08 Å². The van der Waals surface area contributed by atoms with Crippen molar-refractivity contribution in [2.24, 2.45) is 0 Å². The Bertz CT molecular complexity index is 966. The minimum atomic E-state index is -1.35. The molecule has 0 aliphatic heterocycles. The van der Waals surface area contributed by atoms with Crippen molar-refractivity contribution in [3.8, 4) is 11.8 Å². The maximum Gasteiger partial charge on any atom is 0.349 e. The Balaban J connectivity index is 2.05. The van der Waals surface area contributed by atoms with Gasteiger partial charge in [0.2, 0.25) is 0 Å². The lowest BCUT2D eigenvalue weighted by Crippen LogP contribution is -2.30. The minimum absolute atomic E-state index is 0.328. The molecule has 0 unspecified atom stereocenters. The second-order valence-electron chi connectivity index (χ2n) is 5.83. The van der Waals surface area contributed by atoms with E-state index in [4.69, 9.17) is 9.47 Å². The van der Waals surface area contributed by atoms with E-state index in [1.165, 1.54) is 13.0 Å². The van der Waals surface area contributed by atoms with Crippen LogP contribution in [0, 0.1) is 23.0 Å². The molecule has 2 aromatic carbocycles. The summed E-state index contributed by atoms with van der Waals surface area (Å²) in [4.78, 5) is 24.3. The van der Waals surface area contributed by atoms with Crippen molar-refractivity contribution in [1.29, 1.82) is 5.26 Å². The first-order valence-corrected chi connectivity index (χ1v) is 8.65. The molecule has 0 fully saturated rings. The van der Waals surface area contributed by atoms with Gasteiger partial charge in [-0.15, -0.1) is 0 Å². The molecule has 1 amide bonds. The third-order valence-corrected chi connectivity index (χ3v) is 3.68. The van der Waals surface area contributed by atoms with E-state index in [1.807, 2.05) is 6.92 Å². The van der Waals surface area contributed by atoms with Crippen molar-refractivity contribution >= 4 is 23.6 Å². The molecule has 6 nitrogen and oxygen atoms in total. The van der Waals surface area contributed by atoms with Crippen molar-refractivity contribution in [2.75, 3.05) is 11.9 Å². The molecule has 2 rings (SSSR count). The van der Waals surface area contributed by atoms with Crippen molar-refractivity contribution in [3.63, 3.8) is 0 Å². The summed E-state index contributed by atoms with van der Waals surface area (Å²) in [5.74, 6) is -2.84. The van der Waals surface area contributed by atoms with Crippen molar-refractivity contribution in [2.45, 2.75) is 20.0 Å². The highest BCUT2D eigenvalue weighted by Crippen LogP contribution is 2.17. The largest absolute Gasteiger partial charge is 0.494 e. The van der Waals surface area contributed by atoms with Gasteiger partial charge in [0.1, 0.15) is 29.0 Å². The Labute approximate surface area is 166 Å². The number of esters is 1. The fraction of sp³-hybridized carbons (Fsp3) is 0.190. The monoisotopic (exact) mass is 400 g/mol. The molecule has 0 aliphatic carbocycles. The third-order valence-electron chi connectivity index (χ3n) is 3.68. The molecule has 0 saturated heterocycles. The standard InChI is InChI=1S/C21H18F2N2O4/c1-3-28-17-7-4-14(5-8-17)10-15(12-24)21(27)29-13(2)20(26)25-19-11-16(22)6-9-18(19)23/h4-11,13H,3H2,1-2H3,(H,25,26)/b15-10+/t13-/m0/s1. The Hall–Kier alpha value is -3.73. The van der Waals surface area contributed by atoms with E-state index in [-0.39, 0.29) is 11.3 Å². The number of nitrogens with zero attached hydrogens (tertiary/aromatic N) is 1. The Kier molecular flexibility index (Phi) is 7.43. The first kappa shape index (κ1) is 21.6. The number of nitriles is 1. The Morgan fingerprint density at radius 1 is 1.21 bits per heavy atom. The number of carbonyl (C=O) groups excluding carboxylic acids is 2. The molecule has 0 aliphatic rings. The van der Waals surface area contributed by atoms with Gasteiger partial charge >= 0.3 is 5.97 Å². The van der Waals surface area contributed by atoms with Crippen LogP contribution in [0.5, 0.6) is 5.75 Å². The van der Waals surface area contributed by atoms with Crippen LogP contribution < -0.4 is 10.1 Å². The summed E-state index contributed by atoms with van der Waals surface area (Å²) in [6.07, 6.45) is -0.0446. The van der Waals surface area contributed by atoms with Gasteiger partial charge in [0.25, 0.3) is 5.91 Å². The quantitative estimate of drug-likeness (QED) is 0.433. The van der Waals surface area contributed by atoms with E-state index in [0.29, 0.717) is 17.9 Å². The highest BCUT2D eigenvalue weighted by molar-refractivity contribution is 6.01. The predicted octanol–water partition coefficient (Wildman–Crippen LogP) is 3.84. The van der Waals surface area contributed by atoms with E-state index >= 15 is 0 Å². The zero-order chi connectivity index (χ0) is 21.4. The minimum Gasteiger partial charge on any atom is -0.494 e. The molecular formula is C21H18F2N2O4. The van der Waals surface area contributed by atoms with Gasteiger partial charge in [-0.1, -0.05) is 12.1 Å². The van der Waals surface area contributed by atoms with Crippen molar-refractivity contribution in [3.05, 3.63) is 65.2 Å². The average Bonchev–Trinajstić information content (AvgIpc) is 2.70. The fourth-order valence-electron chi connectivity index (χ4n) is 2.24. The number of benzene rings is 2. The summed E-state index contributed by atoms with van der Waals surface area (Å²) >= 11 is 0. The number of carbonyl (C=O) groups is 2. The predicted molar refractivity (Wildman–Crippen MR) is 102 cm³/mol. The summed E-state index contributed by atoms with van der Waals surface area (Å²) in [6, 6.07) is 10.9. The second kappa shape index (κ2) is 9.99. The first-order valence-electron chi connectivity index (χ1n) is 8.65. The Morgan fingerprint density at radius 2 is 1.90 bits per heavy atom. The van der Waals surface area contributed by atoms with Crippen LogP contribution >= 0.6 is 0 Å². The van der Waals surface area contributed by atoms with Crippen LogP contribution in [0.4, 0.5) is 14.5 Å². The maximum atomic E-state index is 13.6. The zero-order valence-corrected chi connectivity index (χ0v) is 15.7. The molecule has 2 aromatic rings. The molecule has 0 bridgehead atoms. The van der Waals surface area contributed by atoms with E-state index in [9.17, 15) is 23.6 Å². The van der Waals surface area contributed by atoms with E-state index in [0.717, 1.165) is 18.2 Å². The smallest absolute Gasteiger partial charge is 0.349 e. The Morgan fingerprint density at radius 3 is 2.52 bits per heavy atom. The SMILES string of the molecule is CCOc1ccc(/C=C(\C#N)C(=O)O[C@@H](C)C(=O)Nc2cc(F)ccc2F)cc1. The van der Waals surface area contributed by atoms with Crippen molar-refractivity contribution < 1.29 is 27.8 Å². The van der Waals surface area contributed by atoms with Crippen molar-refractivity contribution in [1.82, 2.24) is 0 Å².